The summed E-state index contributed by atoms with van der Waals surface area (Å²) in [7, 11) is 0. The van der Waals surface area contributed by atoms with E-state index in [9.17, 15) is 14.7 Å². The van der Waals surface area contributed by atoms with Crippen molar-refractivity contribution in [2.24, 2.45) is 0 Å². The molecule has 33 heavy (non-hydrogen) atoms. The molecule has 5 rings (SSSR count). The Bertz CT molecular complexity index is 1450. The lowest BCUT2D eigenvalue weighted by molar-refractivity contribution is -0.132. The van der Waals surface area contributed by atoms with Crippen molar-refractivity contribution in [1.29, 1.82) is 0 Å². The minimum Gasteiger partial charge on any atom is -0.507 e. The van der Waals surface area contributed by atoms with Crippen LogP contribution in [-0.4, -0.2) is 16.8 Å². The van der Waals surface area contributed by atoms with Crippen LogP contribution in [0.2, 0.25) is 5.02 Å². The molecule has 0 spiro atoms. The molecule has 162 valence electrons. The Labute approximate surface area is 196 Å². The molecule has 1 aliphatic heterocycles. The molecule has 0 aliphatic carbocycles. The summed E-state index contributed by atoms with van der Waals surface area (Å²) < 4.78 is 0. The molecule has 1 atom stereocenters. The minimum absolute atomic E-state index is 0.0573. The highest BCUT2D eigenvalue weighted by Crippen LogP contribution is 2.43. The van der Waals surface area contributed by atoms with E-state index < -0.39 is 17.7 Å². The number of amides is 1. The van der Waals surface area contributed by atoms with Crippen LogP contribution in [0, 0.1) is 6.92 Å². The highest BCUT2D eigenvalue weighted by molar-refractivity contribution is 6.52. The van der Waals surface area contributed by atoms with Crippen molar-refractivity contribution in [3.63, 3.8) is 0 Å². The van der Waals surface area contributed by atoms with Gasteiger partial charge in [-0.05, 0) is 41.5 Å². The average Bonchev–Trinajstić information content (AvgIpc) is 3.09. The van der Waals surface area contributed by atoms with Crippen LogP contribution in [-0.2, 0) is 9.59 Å². The molecule has 1 heterocycles. The lowest BCUT2D eigenvalue weighted by Crippen LogP contribution is -2.29. The van der Waals surface area contributed by atoms with Crippen LogP contribution in [0.3, 0.4) is 0 Å². The highest BCUT2D eigenvalue weighted by Gasteiger charge is 2.47. The third kappa shape index (κ3) is 3.59. The Kier molecular flexibility index (Phi) is 5.23. The van der Waals surface area contributed by atoms with Crippen LogP contribution in [0.4, 0.5) is 5.69 Å². The number of benzene rings is 4. The first-order valence-corrected chi connectivity index (χ1v) is 10.9. The quantitative estimate of drug-likeness (QED) is 0.221. The first-order chi connectivity index (χ1) is 16.0. The second kappa shape index (κ2) is 8.23. The van der Waals surface area contributed by atoms with Crippen LogP contribution in [0.1, 0.15) is 22.7 Å². The Hall–Kier alpha value is -3.89. The van der Waals surface area contributed by atoms with E-state index in [-0.39, 0.29) is 11.3 Å². The molecule has 4 aromatic rings. The molecule has 1 amide bonds. The van der Waals surface area contributed by atoms with E-state index in [4.69, 9.17) is 11.6 Å². The van der Waals surface area contributed by atoms with Crippen molar-refractivity contribution in [1.82, 2.24) is 0 Å². The van der Waals surface area contributed by atoms with Crippen molar-refractivity contribution < 1.29 is 14.7 Å². The van der Waals surface area contributed by atoms with Gasteiger partial charge in [-0.1, -0.05) is 90.0 Å². The molecule has 0 bridgehead atoms. The number of halogens is 1. The molecule has 0 radical (unpaired) electrons. The van der Waals surface area contributed by atoms with Gasteiger partial charge in [0.2, 0.25) is 0 Å². The number of nitrogens with zero attached hydrogens (tertiary/aromatic N) is 1. The van der Waals surface area contributed by atoms with Gasteiger partial charge in [-0.15, -0.1) is 0 Å². The van der Waals surface area contributed by atoms with Gasteiger partial charge in [0, 0.05) is 16.3 Å². The standard InChI is InChI=1S/C28H20ClNO3/c1-17-7-4-10-19(15-17)25-24(26(31)23-14-5-9-18-8-2-3-13-22(18)23)27(32)28(33)30(25)21-12-6-11-20(29)16-21/h2-16,25,31H,1H3/b26-24-. The summed E-state index contributed by atoms with van der Waals surface area (Å²) >= 11 is 6.20. The zero-order chi connectivity index (χ0) is 23.1. The molecule has 0 saturated carbocycles. The van der Waals surface area contributed by atoms with Crippen LogP contribution >= 0.6 is 11.6 Å². The number of anilines is 1. The first kappa shape index (κ1) is 21.0. The topological polar surface area (TPSA) is 57.6 Å². The molecular weight excluding hydrogens is 434 g/mol. The van der Waals surface area contributed by atoms with E-state index in [1.165, 1.54) is 4.90 Å². The van der Waals surface area contributed by atoms with Crippen LogP contribution < -0.4 is 4.90 Å². The summed E-state index contributed by atoms with van der Waals surface area (Å²) in [5.41, 5.74) is 2.77. The number of aryl methyl sites for hydroxylation is 1. The predicted octanol–water partition coefficient (Wildman–Crippen LogP) is 6.43. The molecule has 1 fully saturated rings. The monoisotopic (exact) mass is 453 g/mol. The second-order valence-electron chi connectivity index (χ2n) is 8.09. The Morgan fingerprint density at radius 3 is 2.39 bits per heavy atom. The third-order valence-electron chi connectivity index (χ3n) is 5.93. The van der Waals surface area contributed by atoms with E-state index in [2.05, 4.69) is 0 Å². The van der Waals surface area contributed by atoms with Gasteiger partial charge in [-0.3, -0.25) is 14.5 Å². The molecular formula is C28H20ClNO3. The smallest absolute Gasteiger partial charge is 0.300 e. The largest absolute Gasteiger partial charge is 0.507 e. The Morgan fingerprint density at radius 1 is 0.879 bits per heavy atom. The van der Waals surface area contributed by atoms with Crippen LogP contribution in [0.5, 0.6) is 0 Å². The molecule has 4 aromatic carbocycles. The minimum atomic E-state index is -0.790. The van der Waals surface area contributed by atoms with Crippen LogP contribution in [0.25, 0.3) is 16.5 Å². The maximum atomic E-state index is 13.4. The van der Waals surface area contributed by atoms with Crippen molar-refractivity contribution in [3.05, 3.63) is 118 Å². The van der Waals surface area contributed by atoms with Crippen molar-refractivity contribution in [3.8, 4) is 0 Å². The fraction of sp³-hybridized carbons (Fsp3) is 0.0714. The summed E-state index contributed by atoms with van der Waals surface area (Å²) in [5, 5.41) is 13.7. The lowest BCUT2D eigenvalue weighted by Gasteiger charge is -2.26. The van der Waals surface area contributed by atoms with E-state index >= 15 is 0 Å². The summed E-state index contributed by atoms with van der Waals surface area (Å²) in [4.78, 5) is 28.1. The maximum Gasteiger partial charge on any atom is 0.300 e. The van der Waals surface area contributed by atoms with Gasteiger partial charge in [-0.25, -0.2) is 0 Å². The zero-order valence-electron chi connectivity index (χ0n) is 17.8. The van der Waals surface area contributed by atoms with Crippen molar-refractivity contribution in [2.75, 3.05) is 4.90 Å². The lowest BCUT2D eigenvalue weighted by atomic mass is 9.92. The summed E-state index contributed by atoms with van der Waals surface area (Å²) in [5.74, 6) is -1.63. The van der Waals surface area contributed by atoms with E-state index in [1.54, 1.807) is 30.3 Å². The maximum absolute atomic E-state index is 13.4. The number of Topliss-reactive ketones (excluding diaryl/α,β-unsaturated/α-hetero) is 1. The highest BCUT2D eigenvalue weighted by atomic mass is 35.5. The van der Waals surface area contributed by atoms with E-state index in [0.717, 1.165) is 21.9 Å². The predicted molar refractivity (Wildman–Crippen MR) is 131 cm³/mol. The number of fused-ring (bicyclic) bond motifs is 1. The number of ketones is 1. The number of rotatable bonds is 3. The SMILES string of the molecule is Cc1cccc(C2/C(=C(/O)c3cccc4ccccc34)C(=O)C(=O)N2c2cccc(Cl)c2)c1. The molecule has 0 aromatic heterocycles. The fourth-order valence-electron chi connectivity index (χ4n) is 4.46. The fourth-order valence-corrected chi connectivity index (χ4v) is 4.64. The van der Waals surface area contributed by atoms with Crippen molar-refractivity contribution >= 4 is 45.5 Å². The number of hydrogen-bond acceptors (Lipinski definition) is 3. The summed E-state index contributed by atoms with van der Waals surface area (Å²) in [6, 6.07) is 26.8. The van der Waals surface area contributed by atoms with Gasteiger partial charge in [0.1, 0.15) is 5.76 Å². The third-order valence-corrected chi connectivity index (χ3v) is 6.17. The number of carbonyl (C=O) groups excluding carboxylic acids is 2. The number of aliphatic hydroxyl groups excluding tert-OH is 1. The van der Waals surface area contributed by atoms with Gasteiger partial charge in [-0.2, -0.15) is 0 Å². The van der Waals surface area contributed by atoms with Crippen molar-refractivity contribution in [2.45, 2.75) is 13.0 Å². The average molecular weight is 454 g/mol. The summed E-state index contributed by atoms with van der Waals surface area (Å²) in [6.45, 7) is 1.94. The Balaban J connectivity index is 1.79. The molecule has 1 unspecified atom stereocenters. The first-order valence-electron chi connectivity index (χ1n) is 10.6. The van der Waals surface area contributed by atoms with E-state index in [0.29, 0.717) is 16.3 Å². The van der Waals surface area contributed by atoms with Gasteiger partial charge in [0.15, 0.2) is 0 Å². The molecule has 4 nitrogen and oxygen atoms in total. The molecule has 5 heteroatoms. The number of aliphatic hydroxyl groups is 1. The zero-order valence-corrected chi connectivity index (χ0v) is 18.6. The molecule has 1 N–H and O–H groups in total. The molecule has 1 saturated heterocycles. The van der Waals surface area contributed by atoms with Crippen LogP contribution in [0.15, 0.2) is 96.6 Å². The van der Waals surface area contributed by atoms with E-state index in [1.807, 2.05) is 67.6 Å². The number of carbonyl (C=O) groups is 2. The van der Waals surface area contributed by atoms with Gasteiger partial charge in [0.25, 0.3) is 11.7 Å². The normalized spacial score (nSPS) is 17.6. The van der Waals surface area contributed by atoms with Gasteiger partial charge >= 0.3 is 0 Å². The van der Waals surface area contributed by atoms with Gasteiger partial charge < -0.3 is 5.11 Å². The van der Waals surface area contributed by atoms with Gasteiger partial charge in [0.05, 0.1) is 11.6 Å². The Morgan fingerprint density at radius 2 is 1.61 bits per heavy atom. The molecule has 1 aliphatic rings. The number of hydrogen-bond donors (Lipinski definition) is 1. The summed E-state index contributed by atoms with van der Waals surface area (Å²) in [6.07, 6.45) is 0. The second-order valence-corrected chi connectivity index (χ2v) is 8.53.